The number of urea groups is 1. The fourth-order valence-corrected chi connectivity index (χ4v) is 3.38. The SMILES string of the molecule is COc1cc(/C=C2\C(=O)NC(=O)N(c3ccc(C)c(C)c3)C2=O)cc(I)c1O. The van der Waals surface area contributed by atoms with E-state index in [1.165, 1.54) is 19.3 Å². The number of anilines is 1. The first kappa shape index (κ1) is 19.9. The fraction of sp³-hybridized carbons (Fsp3) is 0.150. The van der Waals surface area contributed by atoms with Crippen LogP contribution in [-0.4, -0.2) is 30.1 Å². The fourth-order valence-electron chi connectivity index (χ4n) is 2.76. The highest BCUT2D eigenvalue weighted by atomic mass is 127. The minimum absolute atomic E-state index is 0.0309. The number of phenolic OH excluding ortho intramolecular Hbond substituents is 1. The molecule has 0 aromatic heterocycles. The zero-order chi connectivity index (χ0) is 20.6. The van der Waals surface area contributed by atoms with Crippen molar-refractivity contribution in [1.82, 2.24) is 5.32 Å². The van der Waals surface area contributed by atoms with Crippen molar-refractivity contribution < 1.29 is 24.2 Å². The number of carbonyl (C=O) groups is 3. The van der Waals surface area contributed by atoms with Crippen molar-refractivity contribution >= 4 is 52.2 Å². The molecule has 0 saturated carbocycles. The van der Waals surface area contributed by atoms with Gasteiger partial charge in [-0.2, -0.15) is 0 Å². The Balaban J connectivity index is 2.06. The van der Waals surface area contributed by atoms with E-state index in [0.29, 0.717) is 14.8 Å². The van der Waals surface area contributed by atoms with Gasteiger partial charge < -0.3 is 9.84 Å². The number of benzene rings is 2. The third-order valence-electron chi connectivity index (χ3n) is 4.43. The molecule has 2 aromatic rings. The Kier molecular flexibility index (Phi) is 5.41. The third kappa shape index (κ3) is 3.59. The van der Waals surface area contributed by atoms with Crippen molar-refractivity contribution in [2.45, 2.75) is 13.8 Å². The minimum Gasteiger partial charge on any atom is -0.504 e. The lowest BCUT2D eigenvalue weighted by Crippen LogP contribution is -2.54. The zero-order valence-electron chi connectivity index (χ0n) is 15.4. The number of methoxy groups -OCH3 is 1. The topological polar surface area (TPSA) is 95.9 Å². The molecule has 0 unspecified atom stereocenters. The number of aromatic hydroxyl groups is 1. The van der Waals surface area contributed by atoms with Gasteiger partial charge >= 0.3 is 6.03 Å². The summed E-state index contributed by atoms with van der Waals surface area (Å²) < 4.78 is 5.60. The number of phenols is 1. The first-order valence-electron chi connectivity index (χ1n) is 8.28. The molecule has 1 fully saturated rings. The van der Waals surface area contributed by atoms with E-state index in [4.69, 9.17) is 4.74 Å². The lowest BCUT2D eigenvalue weighted by molar-refractivity contribution is -0.122. The molecule has 2 N–H and O–H groups in total. The average Bonchev–Trinajstić information content (AvgIpc) is 2.64. The van der Waals surface area contributed by atoms with E-state index in [1.54, 1.807) is 24.3 Å². The van der Waals surface area contributed by atoms with Gasteiger partial charge in [-0.05, 0) is 83.5 Å². The van der Waals surface area contributed by atoms with Crippen molar-refractivity contribution in [2.24, 2.45) is 0 Å². The standard InChI is InChI=1S/C20H17IN2O5/c1-10-4-5-13(6-11(10)2)23-19(26)14(18(25)22-20(23)27)7-12-8-15(21)17(24)16(9-12)28-3/h4-9,24H,1-3H3,(H,22,25,27)/b14-7+. The quantitative estimate of drug-likeness (QED) is 0.390. The van der Waals surface area contributed by atoms with Crippen molar-refractivity contribution in [1.29, 1.82) is 0 Å². The number of nitrogens with one attached hydrogen (secondary N) is 1. The third-order valence-corrected chi connectivity index (χ3v) is 5.25. The van der Waals surface area contributed by atoms with Crippen molar-refractivity contribution in [3.63, 3.8) is 0 Å². The summed E-state index contributed by atoms with van der Waals surface area (Å²) in [5.74, 6) is -1.32. The summed E-state index contributed by atoms with van der Waals surface area (Å²) in [6.07, 6.45) is 1.36. The number of halogens is 1. The smallest absolute Gasteiger partial charge is 0.335 e. The number of imide groups is 2. The molecule has 0 bridgehead atoms. The Morgan fingerprint density at radius 3 is 2.46 bits per heavy atom. The van der Waals surface area contributed by atoms with Gasteiger partial charge in [0, 0.05) is 0 Å². The summed E-state index contributed by atoms with van der Waals surface area (Å²) in [5, 5.41) is 12.1. The molecule has 1 aliphatic rings. The van der Waals surface area contributed by atoms with Gasteiger partial charge in [-0.25, -0.2) is 9.69 Å². The maximum Gasteiger partial charge on any atom is 0.335 e. The van der Waals surface area contributed by atoms with Gasteiger partial charge in [-0.15, -0.1) is 0 Å². The highest BCUT2D eigenvalue weighted by Crippen LogP contribution is 2.33. The summed E-state index contributed by atoms with van der Waals surface area (Å²) in [4.78, 5) is 38.5. The van der Waals surface area contributed by atoms with Gasteiger partial charge in [0.2, 0.25) is 0 Å². The number of amides is 4. The number of ether oxygens (including phenoxy) is 1. The van der Waals surface area contributed by atoms with Gasteiger partial charge in [-0.3, -0.25) is 14.9 Å². The number of rotatable bonds is 3. The number of hydrogen-bond donors (Lipinski definition) is 2. The maximum atomic E-state index is 12.9. The van der Waals surface area contributed by atoms with Crippen LogP contribution in [0, 0.1) is 17.4 Å². The average molecular weight is 492 g/mol. The molecule has 0 radical (unpaired) electrons. The lowest BCUT2D eigenvalue weighted by atomic mass is 10.0. The van der Waals surface area contributed by atoms with Crippen LogP contribution < -0.4 is 15.0 Å². The second-order valence-corrected chi connectivity index (χ2v) is 7.44. The van der Waals surface area contributed by atoms with Crippen LogP contribution in [0.2, 0.25) is 0 Å². The summed E-state index contributed by atoms with van der Waals surface area (Å²) >= 11 is 1.92. The maximum absolute atomic E-state index is 12.9. The number of carbonyl (C=O) groups excluding carboxylic acids is 3. The Bertz CT molecular complexity index is 1050. The first-order valence-corrected chi connectivity index (χ1v) is 9.36. The molecular weight excluding hydrogens is 475 g/mol. The Morgan fingerprint density at radius 2 is 1.82 bits per heavy atom. The van der Waals surface area contributed by atoms with E-state index in [1.807, 2.05) is 36.4 Å². The molecule has 28 heavy (non-hydrogen) atoms. The molecule has 144 valence electrons. The van der Waals surface area contributed by atoms with Gasteiger partial charge in [0.15, 0.2) is 11.5 Å². The van der Waals surface area contributed by atoms with Crippen LogP contribution in [0.5, 0.6) is 11.5 Å². The molecule has 0 aliphatic carbocycles. The summed E-state index contributed by atoms with van der Waals surface area (Å²) in [6, 6.07) is 7.48. The summed E-state index contributed by atoms with van der Waals surface area (Å²) in [5.41, 5.74) is 2.60. The molecular formula is C20H17IN2O5. The number of hydrogen-bond acceptors (Lipinski definition) is 5. The van der Waals surface area contributed by atoms with Crippen LogP contribution in [0.25, 0.3) is 6.08 Å². The van der Waals surface area contributed by atoms with Crippen LogP contribution in [0.15, 0.2) is 35.9 Å². The molecule has 1 heterocycles. The summed E-state index contributed by atoms with van der Waals surface area (Å²) in [6.45, 7) is 3.80. The van der Waals surface area contributed by atoms with E-state index in [0.717, 1.165) is 16.0 Å². The van der Waals surface area contributed by atoms with Crippen molar-refractivity contribution in [3.05, 3.63) is 56.2 Å². The van der Waals surface area contributed by atoms with E-state index in [2.05, 4.69) is 5.32 Å². The molecule has 7 nitrogen and oxygen atoms in total. The predicted molar refractivity (Wildman–Crippen MR) is 112 cm³/mol. The van der Waals surface area contributed by atoms with E-state index in [9.17, 15) is 19.5 Å². The summed E-state index contributed by atoms with van der Waals surface area (Å²) in [7, 11) is 1.40. The molecule has 0 atom stereocenters. The highest BCUT2D eigenvalue weighted by molar-refractivity contribution is 14.1. The van der Waals surface area contributed by atoms with E-state index in [-0.39, 0.29) is 17.1 Å². The molecule has 4 amide bonds. The second kappa shape index (κ2) is 7.63. The van der Waals surface area contributed by atoms with Gasteiger partial charge in [-0.1, -0.05) is 6.07 Å². The molecule has 0 spiro atoms. The number of barbiturate groups is 1. The second-order valence-electron chi connectivity index (χ2n) is 6.28. The normalized spacial score (nSPS) is 15.8. The Labute approximate surface area is 175 Å². The largest absolute Gasteiger partial charge is 0.504 e. The van der Waals surface area contributed by atoms with Gasteiger partial charge in [0.25, 0.3) is 11.8 Å². The predicted octanol–water partition coefficient (Wildman–Crippen LogP) is 3.29. The minimum atomic E-state index is -0.798. The van der Waals surface area contributed by atoms with Crippen LogP contribution in [0.3, 0.4) is 0 Å². The molecule has 3 rings (SSSR count). The van der Waals surface area contributed by atoms with Crippen LogP contribution in [0.1, 0.15) is 16.7 Å². The van der Waals surface area contributed by atoms with Gasteiger partial charge in [0.1, 0.15) is 5.57 Å². The van der Waals surface area contributed by atoms with Crippen molar-refractivity contribution in [2.75, 3.05) is 12.0 Å². The first-order chi connectivity index (χ1) is 13.2. The number of nitrogens with zero attached hydrogens (tertiary/aromatic N) is 1. The lowest BCUT2D eigenvalue weighted by Gasteiger charge is -2.26. The number of aryl methyl sites for hydroxylation is 2. The van der Waals surface area contributed by atoms with Gasteiger partial charge in [0.05, 0.1) is 16.4 Å². The van der Waals surface area contributed by atoms with Crippen LogP contribution >= 0.6 is 22.6 Å². The van der Waals surface area contributed by atoms with Crippen LogP contribution in [0.4, 0.5) is 10.5 Å². The zero-order valence-corrected chi connectivity index (χ0v) is 17.5. The Hall–Kier alpha value is -2.88. The molecule has 2 aromatic carbocycles. The Morgan fingerprint density at radius 1 is 1.11 bits per heavy atom. The molecule has 1 aliphatic heterocycles. The molecule has 1 saturated heterocycles. The van der Waals surface area contributed by atoms with Crippen LogP contribution in [-0.2, 0) is 9.59 Å². The van der Waals surface area contributed by atoms with E-state index >= 15 is 0 Å². The van der Waals surface area contributed by atoms with E-state index < -0.39 is 17.8 Å². The highest BCUT2D eigenvalue weighted by Gasteiger charge is 2.37. The monoisotopic (exact) mass is 492 g/mol. The van der Waals surface area contributed by atoms with Crippen molar-refractivity contribution in [3.8, 4) is 11.5 Å². The molecule has 8 heteroatoms.